The third-order valence-electron chi connectivity index (χ3n) is 2.12. The number of aromatic nitrogens is 1. The van der Waals surface area contributed by atoms with E-state index in [0.29, 0.717) is 0 Å². The second kappa shape index (κ2) is 6.50. The van der Waals surface area contributed by atoms with Gasteiger partial charge in [-0.25, -0.2) is 4.98 Å². The van der Waals surface area contributed by atoms with Crippen LogP contribution in [0.5, 0.6) is 0 Å². The fourth-order valence-corrected chi connectivity index (χ4v) is 2.26. The van der Waals surface area contributed by atoms with Crippen molar-refractivity contribution in [2.45, 2.75) is 44.6 Å². The fraction of sp³-hybridized carbons (Fsp3) is 0.615. The van der Waals surface area contributed by atoms with E-state index in [4.69, 9.17) is 11.6 Å². The Labute approximate surface area is 114 Å². The molecule has 0 amide bonds. The molecule has 0 aliphatic carbocycles. The number of pyridine rings is 1. The lowest BCUT2D eigenvalue weighted by molar-refractivity contribution is 0.801. The first-order valence-corrected chi connectivity index (χ1v) is 7.32. The maximum atomic E-state index is 6.16. The topological polar surface area (TPSA) is 24.9 Å². The Morgan fingerprint density at radius 1 is 1.35 bits per heavy atom. The minimum Gasteiger partial charge on any atom is -0.370 e. The Hall–Kier alpha value is -0.410. The van der Waals surface area contributed by atoms with Gasteiger partial charge >= 0.3 is 0 Å². The summed E-state index contributed by atoms with van der Waals surface area (Å²) in [4.78, 5) is 4.55. The molecule has 1 aromatic rings. The van der Waals surface area contributed by atoms with E-state index in [1.807, 2.05) is 23.9 Å². The molecule has 1 rings (SSSR count). The molecule has 0 bridgehead atoms. The lowest BCUT2D eigenvalue weighted by Gasteiger charge is -2.17. The van der Waals surface area contributed by atoms with Gasteiger partial charge in [-0.1, -0.05) is 39.3 Å². The Morgan fingerprint density at radius 3 is 2.65 bits per heavy atom. The molecular weight excluding hydrogens is 252 g/mol. The summed E-state index contributed by atoms with van der Waals surface area (Å²) < 4.78 is 0.234. The summed E-state index contributed by atoms with van der Waals surface area (Å²) in [6.07, 6.45) is 1.09. The molecule has 0 atom stereocenters. The smallest absolute Gasteiger partial charge is 0.126 e. The molecule has 4 heteroatoms. The number of rotatable bonds is 5. The van der Waals surface area contributed by atoms with Gasteiger partial charge in [0, 0.05) is 17.0 Å². The van der Waals surface area contributed by atoms with Crippen molar-refractivity contribution < 1.29 is 0 Å². The number of hydrogen-bond donors (Lipinski definition) is 1. The second-order valence-corrected chi connectivity index (χ2v) is 7.16. The first kappa shape index (κ1) is 14.7. The lowest BCUT2D eigenvalue weighted by atomic mass is 10.3. The van der Waals surface area contributed by atoms with E-state index >= 15 is 0 Å². The highest BCUT2D eigenvalue weighted by Gasteiger charge is 2.13. The molecule has 17 heavy (non-hydrogen) atoms. The molecule has 1 aromatic heterocycles. The second-order valence-electron chi connectivity index (χ2n) is 4.95. The Kier molecular flexibility index (Phi) is 5.60. The summed E-state index contributed by atoms with van der Waals surface area (Å²) in [5.74, 6) is 1.77. The van der Waals surface area contributed by atoms with Gasteiger partial charge in [-0.15, -0.1) is 11.8 Å². The summed E-state index contributed by atoms with van der Waals surface area (Å²) in [5, 5.41) is 4.03. The zero-order valence-corrected chi connectivity index (χ0v) is 12.6. The largest absolute Gasteiger partial charge is 0.370 e. The average molecular weight is 273 g/mol. The molecule has 0 saturated carbocycles. The van der Waals surface area contributed by atoms with Gasteiger partial charge in [0.25, 0.3) is 0 Å². The number of nitrogens with one attached hydrogen (secondary N) is 1. The van der Waals surface area contributed by atoms with Gasteiger partial charge in [0.2, 0.25) is 0 Å². The molecule has 1 heterocycles. The third kappa shape index (κ3) is 5.64. The van der Waals surface area contributed by atoms with Crippen molar-refractivity contribution >= 4 is 29.2 Å². The van der Waals surface area contributed by atoms with Crippen LogP contribution in [-0.4, -0.2) is 16.3 Å². The summed E-state index contributed by atoms with van der Waals surface area (Å²) in [6.45, 7) is 9.68. The third-order valence-corrected chi connectivity index (χ3v) is 3.74. The summed E-state index contributed by atoms with van der Waals surface area (Å²) in [7, 11) is 0. The van der Waals surface area contributed by atoms with E-state index in [1.165, 1.54) is 0 Å². The van der Waals surface area contributed by atoms with Gasteiger partial charge in [-0.3, -0.25) is 0 Å². The first-order chi connectivity index (χ1) is 7.92. The highest BCUT2D eigenvalue weighted by atomic mass is 35.5. The first-order valence-electron chi connectivity index (χ1n) is 5.95. The number of anilines is 1. The maximum Gasteiger partial charge on any atom is 0.126 e. The highest BCUT2D eigenvalue weighted by Crippen LogP contribution is 2.29. The maximum absolute atomic E-state index is 6.16. The fourth-order valence-electron chi connectivity index (χ4n) is 1.22. The number of thioether (sulfide) groups is 1. The standard InChI is InChI=1S/C13H21ClN2S/c1-5-8-15-12-7-6-10(14)11(16-12)9-17-13(2,3)4/h6-7H,5,8-9H2,1-4H3,(H,15,16). The predicted octanol–water partition coefficient (Wildman–Crippen LogP) is 4.59. The molecule has 2 nitrogen and oxygen atoms in total. The Morgan fingerprint density at radius 2 is 2.06 bits per heavy atom. The zero-order chi connectivity index (χ0) is 12.9. The van der Waals surface area contributed by atoms with E-state index in [2.05, 4.69) is 38.0 Å². The lowest BCUT2D eigenvalue weighted by Crippen LogP contribution is -2.09. The predicted molar refractivity (Wildman–Crippen MR) is 79.1 cm³/mol. The van der Waals surface area contributed by atoms with Crippen molar-refractivity contribution in [1.82, 2.24) is 4.98 Å². The minimum atomic E-state index is 0.234. The van der Waals surface area contributed by atoms with E-state index in [0.717, 1.165) is 35.3 Å². The van der Waals surface area contributed by atoms with Crippen LogP contribution < -0.4 is 5.32 Å². The average Bonchev–Trinajstić information content (AvgIpc) is 2.25. The molecule has 96 valence electrons. The van der Waals surface area contributed by atoms with Crippen molar-refractivity contribution in [1.29, 1.82) is 0 Å². The van der Waals surface area contributed by atoms with E-state index in [9.17, 15) is 0 Å². The van der Waals surface area contributed by atoms with Crippen LogP contribution in [0.3, 0.4) is 0 Å². The van der Waals surface area contributed by atoms with E-state index in [-0.39, 0.29) is 4.75 Å². The van der Waals surface area contributed by atoms with Gasteiger partial charge in [-0.05, 0) is 18.6 Å². The molecule has 0 fully saturated rings. The summed E-state index contributed by atoms with van der Waals surface area (Å²) in [5.41, 5.74) is 0.965. The van der Waals surface area contributed by atoms with Crippen molar-refractivity contribution in [2.24, 2.45) is 0 Å². The molecular formula is C13H21ClN2S. The summed E-state index contributed by atoms with van der Waals surface area (Å²) in [6, 6.07) is 3.86. The van der Waals surface area contributed by atoms with Crippen molar-refractivity contribution in [3.8, 4) is 0 Å². The van der Waals surface area contributed by atoms with Crippen molar-refractivity contribution in [3.63, 3.8) is 0 Å². The van der Waals surface area contributed by atoms with Gasteiger partial charge in [0.05, 0.1) is 10.7 Å². The monoisotopic (exact) mass is 272 g/mol. The van der Waals surface area contributed by atoms with E-state index in [1.54, 1.807) is 0 Å². The van der Waals surface area contributed by atoms with Crippen LogP contribution in [0.25, 0.3) is 0 Å². The molecule has 1 N–H and O–H groups in total. The van der Waals surface area contributed by atoms with Crippen LogP contribution in [0.15, 0.2) is 12.1 Å². The SMILES string of the molecule is CCCNc1ccc(Cl)c(CSC(C)(C)C)n1. The minimum absolute atomic E-state index is 0.234. The molecule has 0 aliphatic rings. The van der Waals surface area contributed by atoms with Crippen molar-refractivity contribution in [3.05, 3.63) is 22.8 Å². The molecule has 0 aliphatic heterocycles. The number of hydrogen-bond acceptors (Lipinski definition) is 3. The Bertz CT molecular complexity index is 361. The quantitative estimate of drug-likeness (QED) is 0.849. The molecule has 0 aromatic carbocycles. The molecule has 0 unspecified atom stereocenters. The summed E-state index contributed by atoms with van der Waals surface area (Å²) >= 11 is 8.01. The normalized spacial score (nSPS) is 11.6. The van der Waals surface area contributed by atoms with Crippen LogP contribution >= 0.6 is 23.4 Å². The van der Waals surface area contributed by atoms with Gasteiger partial charge in [-0.2, -0.15) is 0 Å². The van der Waals surface area contributed by atoms with Crippen LogP contribution in [0.1, 0.15) is 39.8 Å². The molecule has 0 spiro atoms. The number of halogens is 1. The van der Waals surface area contributed by atoms with Crippen LogP contribution in [-0.2, 0) is 5.75 Å². The van der Waals surface area contributed by atoms with Crippen LogP contribution in [0, 0.1) is 0 Å². The molecule has 0 saturated heterocycles. The number of nitrogens with zero attached hydrogens (tertiary/aromatic N) is 1. The van der Waals surface area contributed by atoms with Gasteiger partial charge in [0.15, 0.2) is 0 Å². The molecule has 0 radical (unpaired) electrons. The van der Waals surface area contributed by atoms with Gasteiger partial charge in [0.1, 0.15) is 5.82 Å². The van der Waals surface area contributed by atoms with E-state index < -0.39 is 0 Å². The highest BCUT2D eigenvalue weighted by molar-refractivity contribution is 7.99. The van der Waals surface area contributed by atoms with Gasteiger partial charge < -0.3 is 5.32 Å². The van der Waals surface area contributed by atoms with Crippen LogP contribution in [0.2, 0.25) is 5.02 Å². The Balaban J connectivity index is 2.69. The van der Waals surface area contributed by atoms with Crippen LogP contribution in [0.4, 0.5) is 5.82 Å². The zero-order valence-electron chi connectivity index (χ0n) is 11.0. The van der Waals surface area contributed by atoms with Crippen molar-refractivity contribution in [2.75, 3.05) is 11.9 Å².